The number of hydrogen-bond donors (Lipinski definition) is 0. The highest BCUT2D eigenvalue weighted by Crippen LogP contribution is 2.36. The Morgan fingerprint density at radius 2 is 2.14 bits per heavy atom. The van der Waals surface area contributed by atoms with Crippen molar-refractivity contribution in [2.24, 2.45) is 10.4 Å². The number of allylic oxidation sites excluding steroid dienone is 3. The molecule has 0 amide bonds. The molecule has 114 valence electrons. The monoisotopic (exact) mass is 288 g/mol. The van der Waals surface area contributed by atoms with Crippen molar-refractivity contribution in [2.75, 3.05) is 13.1 Å². The Hall–Kier alpha value is -1.64. The fourth-order valence-electron chi connectivity index (χ4n) is 2.93. The number of likely N-dealkylation sites (tertiary alicyclic amines) is 1. The molecule has 1 unspecified atom stereocenters. The Morgan fingerprint density at radius 3 is 2.76 bits per heavy atom. The van der Waals surface area contributed by atoms with Crippen LogP contribution in [0.2, 0.25) is 0 Å². The van der Waals surface area contributed by atoms with Gasteiger partial charge in [-0.2, -0.15) is 0 Å². The summed E-state index contributed by atoms with van der Waals surface area (Å²) in [5.41, 5.74) is 2.06. The van der Waals surface area contributed by atoms with Crippen LogP contribution in [0.15, 0.2) is 53.5 Å². The van der Waals surface area contributed by atoms with Crippen molar-refractivity contribution in [1.29, 1.82) is 0 Å². The average Bonchev–Trinajstić information content (AvgIpc) is 2.43. The molecule has 2 rings (SSSR count). The molecule has 2 aliphatic heterocycles. The highest BCUT2D eigenvalue weighted by Gasteiger charge is 2.30. The van der Waals surface area contributed by atoms with Crippen LogP contribution in [0.4, 0.5) is 4.39 Å². The summed E-state index contributed by atoms with van der Waals surface area (Å²) in [5.74, 6) is -0.227. The highest BCUT2D eigenvalue weighted by molar-refractivity contribution is 5.74. The third-order valence-corrected chi connectivity index (χ3v) is 4.53. The third kappa shape index (κ3) is 3.72. The Morgan fingerprint density at radius 1 is 1.48 bits per heavy atom. The number of nitrogens with zero attached hydrogens (tertiary/aromatic N) is 2. The molecule has 2 heterocycles. The zero-order valence-corrected chi connectivity index (χ0v) is 13.1. The summed E-state index contributed by atoms with van der Waals surface area (Å²) in [6.45, 7) is 13.9. The summed E-state index contributed by atoms with van der Waals surface area (Å²) in [7, 11) is 0. The van der Waals surface area contributed by atoms with Crippen LogP contribution in [0.25, 0.3) is 0 Å². The molecule has 1 fully saturated rings. The minimum Gasteiger partial charge on any atom is -0.371 e. The summed E-state index contributed by atoms with van der Waals surface area (Å²) in [6, 6.07) is -0.420. The van der Waals surface area contributed by atoms with Crippen LogP contribution >= 0.6 is 0 Å². The quantitative estimate of drug-likeness (QED) is 0.701. The first-order valence-corrected chi connectivity index (χ1v) is 7.61. The molecule has 0 aromatic rings. The first kappa shape index (κ1) is 15.7. The van der Waals surface area contributed by atoms with Gasteiger partial charge in [-0.1, -0.05) is 19.6 Å². The zero-order valence-electron chi connectivity index (χ0n) is 13.1. The molecule has 1 atom stereocenters. The standard InChI is InChI=1S/C18H25FN2/c1-5-7-18(4)8-11-21(12-9-18)17-6-10-20-15(3)16(19)13-14(17)2/h5-6,10,13,15H,1-2,7-9,11-12H2,3-4H3/b16-13+,17-6+,20-10?. The van der Waals surface area contributed by atoms with Crippen LogP contribution < -0.4 is 0 Å². The fourth-order valence-corrected chi connectivity index (χ4v) is 2.93. The van der Waals surface area contributed by atoms with E-state index in [1.165, 1.54) is 6.08 Å². The van der Waals surface area contributed by atoms with Gasteiger partial charge >= 0.3 is 0 Å². The van der Waals surface area contributed by atoms with Gasteiger partial charge in [0.1, 0.15) is 5.83 Å². The summed E-state index contributed by atoms with van der Waals surface area (Å²) in [5, 5.41) is 0. The van der Waals surface area contributed by atoms with Crippen molar-refractivity contribution in [1.82, 2.24) is 4.90 Å². The van der Waals surface area contributed by atoms with Crippen molar-refractivity contribution in [3.05, 3.63) is 48.5 Å². The van der Waals surface area contributed by atoms with Gasteiger partial charge in [0.2, 0.25) is 0 Å². The van der Waals surface area contributed by atoms with Crippen LogP contribution in [0, 0.1) is 5.41 Å². The van der Waals surface area contributed by atoms with E-state index in [9.17, 15) is 4.39 Å². The van der Waals surface area contributed by atoms with Gasteiger partial charge in [0, 0.05) is 25.0 Å². The molecule has 0 N–H and O–H groups in total. The van der Waals surface area contributed by atoms with Gasteiger partial charge in [-0.25, -0.2) is 4.39 Å². The molecule has 2 nitrogen and oxygen atoms in total. The second kappa shape index (κ2) is 6.42. The number of halogens is 1. The maximum absolute atomic E-state index is 13.9. The first-order valence-electron chi connectivity index (χ1n) is 7.61. The number of aliphatic imine (C=N–C) groups is 1. The van der Waals surface area contributed by atoms with Gasteiger partial charge < -0.3 is 4.90 Å². The number of hydrogen-bond acceptors (Lipinski definition) is 2. The van der Waals surface area contributed by atoms with Gasteiger partial charge in [0.15, 0.2) is 0 Å². The van der Waals surface area contributed by atoms with Gasteiger partial charge in [-0.15, -0.1) is 6.58 Å². The summed E-state index contributed by atoms with van der Waals surface area (Å²) in [6.07, 6.45) is 10.5. The molecule has 1 saturated heterocycles. The van der Waals surface area contributed by atoms with E-state index in [-0.39, 0.29) is 5.83 Å². The summed E-state index contributed by atoms with van der Waals surface area (Å²) >= 11 is 0. The Kier molecular flexibility index (Phi) is 4.81. The van der Waals surface area contributed by atoms with Crippen molar-refractivity contribution in [3.63, 3.8) is 0 Å². The molecule has 21 heavy (non-hydrogen) atoms. The van der Waals surface area contributed by atoms with Crippen molar-refractivity contribution >= 4 is 6.21 Å². The van der Waals surface area contributed by atoms with Crippen LogP contribution in [0.1, 0.15) is 33.1 Å². The van der Waals surface area contributed by atoms with Crippen molar-refractivity contribution < 1.29 is 4.39 Å². The highest BCUT2D eigenvalue weighted by atomic mass is 19.1. The molecule has 3 heteroatoms. The van der Waals surface area contributed by atoms with E-state index in [2.05, 4.69) is 30.0 Å². The van der Waals surface area contributed by atoms with Gasteiger partial charge in [0.25, 0.3) is 0 Å². The lowest BCUT2D eigenvalue weighted by molar-refractivity contribution is 0.149. The molecular weight excluding hydrogens is 263 g/mol. The van der Waals surface area contributed by atoms with Gasteiger partial charge in [-0.3, -0.25) is 4.99 Å². The first-order chi connectivity index (χ1) is 9.95. The second-order valence-electron chi connectivity index (χ2n) is 6.37. The zero-order chi connectivity index (χ0) is 15.5. The van der Waals surface area contributed by atoms with Crippen LogP contribution in [0.3, 0.4) is 0 Å². The second-order valence-corrected chi connectivity index (χ2v) is 6.37. The van der Waals surface area contributed by atoms with Crippen molar-refractivity contribution in [3.8, 4) is 0 Å². The molecule has 0 aromatic heterocycles. The molecule has 0 saturated carbocycles. The predicted molar refractivity (Wildman–Crippen MR) is 88.1 cm³/mol. The van der Waals surface area contributed by atoms with E-state index in [0.29, 0.717) is 5.41 Å². The average molecular weight is 288 g/mol. The molecular formula is C18H25FN2. The van der Waals surface area contributed by atoms with E-state index >= 15 is 0 Å². The molecule has 0 aliphatic carbocycles. The van der Waals surface area contributed by atoms with E-state index in [4.69, 9.17) is 0 Å². The minimum atomic E-state index is -0.420. The summed E-state index contributed by atoms with van der Waals surface area (Å²) in [4.78, 5) is 6.47. The Balaban J connectivity index is 2.12. The number of piperidine rings is 1. The molecule has 0 aromatic carbocycles. The third-order valence-electron chi connectivity index (χ3n) is 4.53. The predicted octanol–water partition coefficient (Wildman–Crippen LogP) is 4.43. The van der Waals surface area contributed by atoms with E-state index in [0.717, 1.165) is 43.6 Å². The van der Waals surface area contributed by atoms with Crippen LogP contribution in [-0.2, 0) is 0 Å². The maximum atomic E-state index is 13.9. The van der Waals surface area contributed by atoms with Gasteiger partial charge in [-0.05, 0) is 49.3 Å². The normalized spacial score (nSPS) is 30.7. The van der Waals surface area contributed by atoms with E-state index < -0.39 is 6.04 Å². The van der Waals surface area contributed by atoms with Crippen LogP contribution in [0.5, 0.6) is 0 Å². The molecule has 0 spiro atoms. The maximum Gasteiger partial charge on any atom is 0.125 e. The summed E-state index contributed by atoms with van der Waals surface area (Å²) < 4.78 is 13.9. The van der Waals surface area contributed by atoms with Gasteiger partial charge in [0.05, 0.1) is 6.04 Å². The van der Waals surface area contributed by atoms with Crippen molar-refractivity contribution in [2.45, 2.75) is 39.2 Å². The Bertz CT molecular complexity index is 505. The molecule has 0 bridgehead atoms. The molecule has 0 radical (unpaired) electrons. The lowest BCUT2D eigenvalue weighted by Crippen LogP contribution is -2.38. The molecule has 2 aliphatic rings. The van der Waals surface area contributed by atoms with Crippen LogP contribution in [-0.4, -0.2) is 30.2 Å². The number of rotatable bonds is 3. The largest absolute Gasteiger partial charge is 0.371 e. The Labute approximate surface area is 127 Å². The van der Waals surface area contributed by atoms with E-state index in [1.807, 2.05) is 12.2 Å². The lowest BCUT2D eigenvalue weighted by Gasteiger charge is -2.41. The topological polar surface area (TPSA) is 15.6 Å². The SMILES string of the molecule is C=CCC1(C)CCN(/C2=C/C=NC(C)/C(F)=C\C2=C)CC1. The smallest absolute Gasteiger partial charge is 0.125 e. The van der Waals surface area contributed by atoms with E-state index in [1.54, 1.807) is 13.1 Å². The lowest BCUT2D eigenvalue weighted by atomic mass is 9.77. The minimum absolute atomic E-state index is 0.227. The fraction of sp³-hybridized carbons (Fsp3) is 0.500.